The van der Waals surface area contributed by atoms with Gasteiger partial charge < -0.3 is 14.9 Å². The molecule has 0 radical (unpaired) electrons. The van der Waals surface area contributed by atoms with E-state index in [-0.39, 0.29) is 17.7 Å². The van der Waals surface area contributed by atoms with E-state index in [1.54, 1.807) is 32.9 Å². The van der Waals surface area contributed by atoms with Crippen LogP contribution in [0.1, 0.15) is 36.7 Å². The van der Waals surface area contributed by atoms with Crippen LogP contribution in [-0.4, -0.2) is 33.6 Å². The second-order valence-electron chi connectivity index (χ2n) is 7.75. The lowest BCUT2D eigenvalue weighted by molar-refractivity contribution is -0.121. The molecule has 1 aliphatic heterocycles. The van der Waals surface area contributed by atoms with Gasteiger partial charge in [-0.05, 0) is 69.2 Å². The Labute approximate surface area is 172 Å². The molecule has 2 N–H and O–H groups in total. The maximum atomic E-state index is 13.1. The van der Waals surface area contributed by atoms with Gasteiger partial charge in [0.2, 0.25) is 5.91 Å². The summed E-state index contributed by atoms with van der Waals surface area (Å²) in [7, 11) is 0. The van der Waals surface area contributed by atoms with Gasteiger partial charge in [0, 0.05) is 10.6 Å². The van der Waals surface area contributed by atoms with Crippen LogP contribution in [0, 0.1) is 5.92 Å². The third-order valence-electron chi connectivity index (χ3n) is 4.38. The zero-order valence-corrected chi connectivity index (χ0v) is 16.9. The average Bonchev–Trinajstić information content (AvgIpc) is 2.61. The van der Waals surface area contributed by atoms with E-state index in [1.165, 1.54) is 12.1 Å². The van der Waals surface area contributed by atoms with E-state index in [4.69, 9.17) is 16.3 Å². The second-order valence-corrected chi connectivity index (χ2v) is 8.19. The summed E-state index contributed by atoms with van der Waals surface area (Å²) in [6, 6.07) is 8.21. The van der Waals surface area contributed by atoms with E-state index in [0.717, 1.165) is 17.0 Å². The molecule has 1 unspecified atom stereocenters. The number of rotatable bonds is 2. The first kappa shape index (κ1) is 20.7. The van der Waals surface area contributed by atoms with Crippen LogP contribution < -0.4 is 4.90 Å². The summed E-state index contributed by atoms with van der Waals surface area (Å²) in [4.78, 5) is 39.7. The van der Waals surface area contributed by atoms with E-state index >= 15 is 0 Å². The van der Waals surface area contributed by atoms with E-state index in [0.29, 0.717) is 16.3 Å². The lowest BCUT2D eigenvalue weighted by Crippen LogP contribution is -2.49. The SMILES string of the molecule is CC(C)(C)OC(=O)N1C(=O)C(C(=O)c2ccc(O)c(O)c2)Cc2cc(Cl)ccc21. The van der Waals surface area contributed by atoms with Crippen molar-refractivity contribution < 1.29 is 29.3 Å². The molecular weight excluding hydrogens is 398 g/mol. The Kier molecular flexibility index (Phi) is 5.28. The smallest absolute Gasteiger partial charge is 0.421 e. The normalized spacial score (nSPS) is 16.3. The van der Waals surface area contributed by atoms with Crippen molar-refractivity contribution in [2.75, 3.05) is 4.90 Å². The van der Waals surface area contributed by atoms with Crippen LogP contribution in [0.3, 0.4) is 0 Å². The Morgan fingerprint density at radius 1 is 1.10 bits per heavy atom. The van der Waals surface area contributed by atoms with Gasteiger partial charge in [0.05, 0.1) is 5.69 Å². The number of halogens is 1. The number of imide groups is 1. The molecule has 7 nitrogen and oxygen atoms in total. The minimum Gasteiger partial charge on any atom is -0.504 e. The molecule has 2 amide bonds. The maximum Gasteiger partial charge on any atom is 0.421 e. The first-order valence-corrected chi connectivity index (χ1v) is 9.27. The van der Waals surface area contributed by atoms with Crippen LogP contribution in [0.4, 0.5) is 10.5 Å². The number of ketones is 1. The van der Waals surface area contributed by atoms with Gasteiger partial charge in [0.1, 0.15) is 11.5 Å². The quantitative estimate of drug-likeness (QED) is 0.433. The molecule has 1 atom stereocenters. The minimum atomic E-state index is -1.21. The maximum absolute atomic E-state index is 13.1. The van der Waals surface area contributed by atoms with Crippen molar-refractivity contribution in [2.45, 2.75) is 32.8 Å². The zero-order valence-electron chi connectivity index (χ0n) is 16.1. The lowest BCUT2D eigenvalue weighted by atomic mass is 9.86. The molecule has 2 aromatic carbocycles. The van der Waals surface area contributed by atoms with Gasteiger partial charge in [0.25, 0.3) is 0 Å². The van der Waals surface area contributed by atoms with Crippen LogP contribution in [-0.2, 0) is 16.0 Å². The summed E-state index contributed by atoms with van der Waals surface area (Å²) >= 11 is 6.06. The minimum absolute atomic E-state index is 0.0354. The van der Waals surface area contributed by atoms with Crippen LogP contribution in [0.25, 0.3) is 0 Å². The van der Waals surface area contributed by atoms with Crippen molar-refractivity contribution in [3.05, 3.63) is 52.5 Å². The number of nitrogens with zero attached hydrogens (tertiary/aromatic N) is 1. The van der Waals surface area contributed by atoms with Gasteiger partial charge in [-0.1, -0.05) is 11.6 Å². The lowest BCUT2D eigenvalue weighted by Gasteiger charge is -2.33. The zero-order chi connectivity index (χ0) is 21.5. The molecule has 0 spiro atoms. The highest BCUT2D eigenvalue weighted by Crippen LogP contribution is 2.36. The molecule has 1 aliphatic rings. The summed E-state index contributed by atoms with van der Waals surface area (Å²) in [6.45, 7) is 5.01. The molecule has 8 heteroatoms. The Balaban J connectivity index is 2.04. The summed E-state index contributed by atoms with van der Waals surface area (Å²) in [6.07, 6.45) is -0.855. The van der Waals surface area contributed by atoms with E-state index in [9.17, 15) is 24.6 Å². The number of ether oxygens (including phenoxy) is 1. The molecule has 0 bridgehead atoms. The summed E-state index contributed by atoms with van der Waals surface area (Å²) in [5, 5.41) is 19.5. The third kappa shape index (κ3) is 4.19. The largest absolute Gasteiger partial charge is 0.504 e. The van der Waals surface area contributed by atoms with Gasteiger partial charge in [0.15, 0.2) is 17.3 Å². The third-order valence-corrected chi connectivity index (χ3v) is 4.61. The van der Waals surface area contributed by atoms with Gasteiger partial charge in [-0.15, -0.1) is 0 Å². The van der Waals surface area contributed by atoms with Crippen molar-refractivity contribution >= 4 is 35.1 Å². The number of anilines is 1. The Hall–Kier alpha value is -3.06. The highest BCUT2D eigenvalue weighted by molar-refractivity contribution is 6.31. The van der Waals surface area contributed by atoms with Crippen molar-refractivity contribution in [3.8, 4) is 11.5 Å². The van der Waals surface area contributed by atoms with Crippen molar-refractivity contribution in [3.63, 3.8) is 0 Å². The van der Waals surface area contributed by atoms with Gasteiger partial charge in [-0.3, -0.25) is 9.59 Å². The fourth-order valence-corrected chi connectivity index (χ4v) is 3.29. The number of carbonyl (C=O) groups is 3. The molecule has 3 rings (SSSR count). The molecule has 0 fully saturated rings. The summed E-state index contributed by atoms with van der Waals surface area (Å²) < 4.78 is 5.35. The molecule has 0 saturated heterocycles. The monoisotopic (exact) mass is 417 g/mol. The molecule has 29 heavy (non-hydrogen) atoms. The van der Waals surface area contributed by atoms with Crippen LogP contribution in [0.2, 0.25) is 5.02 Å². The second kappa shape index (κ2) is 7.40. The van der Waals surface area contributed by atoms with Gasteiger partial charge in [-0.2, -0.15) is 0 Å². The predicted molar refractivity (Wildman–Crippen MR) is 106 cm³/mol. The van der Waals surface area contributed by atoms with Gasteiger partial charge >= 0.3 is 6.09 Å². The van der Waals surface area contributed by atoms with E-state index in [1.807, 2.05) is 0 Å². The highest BCUT2D eigenvalue weighted by atomic mass is 35.5. The van der Waals surface area contributed by atoms with E-state index in [2.05, 4.69) is 0 Å². The number of carbonyl (C=O) groups excluding carboxylic acids is 3. The average molecular weight is 418 g/mol. The van der Waals surface area contributed by atoms with Crippen molar-refractivity contribution in [1.29, 1.82) is 0 Å². The topological polar surface area (TPSA) is 104 Å². The number of aromatic hydroxyl groups is 2. The number of amides is 2. The molecule has 0 aromatic heterocycles. The van der Waals surface area contributed by atoms with Crippen LogP contribution >= 0.6 is 11.6 Å². The Bertz CT molecular complexity index is 1010. The summed E-state index contributed by atoms with van der Waals surface area (Å²) in [5.41, 5.74) is 0.0488. The number of phenols is 2. The highest BCUT2D eigenvalue weighted by Gasteiger charge is 2.42. The molecular formula is C21H20ClNO6. The number of fused-ring (bicyclic) bond motifs is 1. The number of hydrogen-bond acceptors (Lipinski definition) is 6. The van der Waals surface area contributed by atoms with Crippen molar-refractivity contribution in [2.24, 2.45) is 5.92 Å². The fraction of sp³-hybridized carbons (Fsp3) is 0.286. The number of benzene rings is 2. The number of Topliss-reactive ketones (excluding diaryl/α,β-unsaturated/α-hetero) is 1. The first-order valence-electron chi connectivity index (χ1n) is 8.89. The fourth-order valence-electron chi connectivity index (χ4n) is 3.10. The Morgan fingerprint density at radius 2 is 1.79 bits per heavy atom. The number of phenolic OH excluding ortho intramolecular Hbond substituents is 2. The van der Waals surface area contributed by atoms with Crippen LogP contribution in [0.15, 0.2) is 36.4 Å². The molecule has 0 saturated carbocycles. The van der Waals surface area contributed by atoms with Crippen LogP contribution in [0.5, 0.6) is 11.5 Å². The molecule has 1 heterocycles. The van der Waals surface area contributed by atoms with Gasteiger partial charge in [-0.25, -0.2) is 9.69 Å². The molecule has 2 aromatic rings. The standard InChI is InChI=1S/C21H20ClNO6/c1-21(2,3)29-20(28)23-15-6-5-13(22)8-12(15)9-14(19(23)27)18(26)11-4-7-16(24)17(25)10-11/h4-8,10,14,24-25H,9H2,1-3H3. The molecule has 152 valence electrons. The van der Waals surface area contributed by atoms with E-state index < -0.39 is 35.1 Å². The molecule has 0 aliphatic carbocycles. The summed E-state index contributed by atoms with van der Waals surface area (Å²) in [5.74, 6) is -3.40. The first-order chi connectivity index (χ1) is 13.5. The Morgan fingerprint density at radius 3 is 2.41 bits per heavy atom. The number of hydrogen-bond donors (Lipinski definition) is 2. The van der Waals surface area contributed by atoms with Crippen molar-refractivity contribution in [1.82, 2.24) is 0 Å². The predicted octanol–water partition coefficient (Wildman–Crippen LogP) is 4.07.